The molecule has 0 aromatic heterocycles. The molecule has 2 rings (SSSR count). The van der Waals surface area contributed by atoms with E-state index >= 15 is 0 Å². The molecule has 1 saturated heterocycles. The topological polar surface area (TPSA) is 92.8 Å². The SMILES string of the molecule is COC(=O)N1C(=O)C(c2ccccc2)NS1(=O)=O. The number of nitrogens with one attached hydrogen (secondary N) is 1. The van der Waals surface area contributed by atoms with Crippen LogP contribution in [-0.2, 0) is 19.7 Å². The summed E-state index contributed by atoms with van der Waals surface area (Å²) in [6, 6.07) is 7.14. The van der Waals surface area contributed by atoms with Crippen molar-refractivity contribution < 1.29 is 22.7 Å². The number of carbonyl (C=O) groups excluding carboxylic acids is 2. The van der Waals surface area contributed by atoms with E-state index in [1.807, 2.05) is 0 Å². The largest absolute Gasteiger partial charge is 0.452 e. The maximum absolute atomic E-state index is 11.9. The summed E-state index contributed by atoms with van der Waals surface area (Å²) in [6.45, 7) is 0. The maximum Gasteiger partial charge on any atom is 0.431 e. The predicted molar refractivity (Wildman–Crippen MR) is 60.5 cm³/mol. The normalized spacial score (nSPS) is 21.9. The van der Waals surface area contributed by atoms with Gasteiger partial charge in [-0.3, -0.25) is 4.79 Å². The van der Waals surface area contributed by atoms with Gasteiger partial charge < -0.3 is 4.74 Å². The zero-order valence-electron chi connectivity index (χ0n) is 9.36. The fourth-order valence-electron chi connectivity index (χ4n) is 1.61. The lowest BCUT2D eigenvalue weighted by Crippen LogP contribution is -2.37. The van der Waals surface area contributed by atoms with E-state index in [2.05, 4.69) is 9.46 Å². The monoisotopic (exact) mass is 270 g/mol. The van der Waals surface area contributed by atoms with Crippen LogP contribution in [0, 0.1) is 0 Å². The van der Waals surface area contributed by atoms with Crippen LogP contribution >= 0.6 is 0 Å². The predicted octanol–water partition coefficient (Wildman–Crippen LogP) is 0.171. The second-order valence-electron chi connectivity index (χ2n) is 3.54. The van der Waals surface area contributed by atoms with Crippen LogP contribution in [0.2, 0.25) is 0 Å². The van der Waals surface area contributed by atoms with Crippen molar-refractivity contribution in [1.82, 2.24) is 9.03 Å². The van der Waals surface area contributed by atoms with E-state index in [0.717, 1.165) is 7.11 Å². The van der Waals surface area contributed by atoms with Crippen LogP contribution in [0.5, 0.6) is 0 Å². The quantitative estimate of drug-likeness (QED) is 0.785. The van der Waals surface area contributed by atoms with Gasteiger partial charge in [0.05, 0.1) is 7.11 Å². The zero-order chi connectivity index (χ0) is 13.3. The number of rotatable bonds is 1. The minimum atomic E-state index is -4.19. The summed E-state index contributed by atoms with van der Waals surface area (Å²) < 4.78 is 29.8. The van der Waals surface area contributed by atoms with E-state index < -0.39 is 28.3 Å². The number of hydrogen-bond donors (Lipinski definition) is 1. The third kappa shape index (κ3) is 1.95. The van der Waals surface area contributed by atoms with Crippen molar-refractivity contribution in [2.24, 2.45) is 0 Å². The lowest BCUT2D eigenvalue weighted by atomic mass is 10.1. The maximum atomic E-state index is 11.9. The summed E-state index contributed by atoms with van der Waals surface area (Å²) in [6.07, 6.45) is -1.23. The number of amides is 2. The second-order valence-corrected chi connectivity index (χ2v) is 5.09. The van der Waals surface area contributed by atoms with Crippen molar-refractivity contribution in [1.29, 1.82) is 0 Å². The van der Waals surface area contributed by atoms with E-state index in [4.69, 9.17) is 0 Å². The number of hydrogen-bond acceptors (Lipinski definition) is 5. The third-order valence-electron chi connectivity index (χ3n) is 2.43. The van der Waals surface area contributed by atoms with E-state index in [-0.39, 0.29) is 4.31 Å². The second kappa shape index (κ2) is 4.39. The molecule has 2 amide bonds. The Balaban J connectivity index is 2.40. The Hall–Kier alpha value is -1.93. The van der Waals surface area contributed by atoms with Gasteiger partial charge in [0.2, 0.25) is 0 Å². The molecule has 1 aromatic rings. The number of benzene rings is 1. The van der Waals surface area contributed by atoms with E-state index in [9.17, 15) is 18.0 Å². The molecular weight excluding hydrogens is 260 g/mol. The highest BCUT2D eigenvalue weighted by Gasteiger charge is 2.48. The molecule has 0 aliphatic carbocycles. The first-order valence-electron chi connectivity index (χ1n) is 4.96. The average molecular weight is 270 g/mol. The number of ether oxygens (including phenoxy) is 1. The van der Waals surface area contributed by atoms with Crippen molar-refractivity contribution in [3.05, 3.63) is 35.9 Å². The molecule has 96 valence electrons. The van der Waals surface area contributed by atoms with Crippen LogP contribution in [0.15, 0.2) is 30.3 Å². The molecule has 1 N–H and O–H groups in total. The van der Waals surface area contributed by atoms with Gasteiger partial charge in [-0.1, -0.05) is 30.3 Å². The van der Waals surface area contributed by atoms with E-state index in [1.165, 1.54) is 0 Å². The van der Waals surface area contributed by atoms with Gasteiger partial charge in [0.1, 0.15) is 6.04 Å². The van der Waals surface area contributed by atoms with Crippen molar-refractivity contribution in [2.75, 3.05) is 7.11 Å². The highest BCUT2D eigenvalue weighted by atomic mass is 32.2. The van der Waals surface area contributed by atoms with Gasteiger partial charge in [0, 0.05) is 0 Å². The van der Waals surface area contributed by atoms with Crippen molar-refractivity contribution >= 4 is 22.2 Å². The Kier molecular flexibility index (Phi) is 3.05. The molecule has 1 aromatic carbocycles. The van der Waals surface area contributed by atoms with Crippen LogP contribution in [0.25, 0.3) is 0 Å². The Bertz CT molecular complexity index is 584. The van der Waals surface area contributed by atoms with E-state index in [1.54, 1.807) is 30.3 Å². The summed E-state index contributed by atoms with van der Waals surface area (Å²) in [4.78, 5) is 23.2. The molecule has 1 fully saturated rings. The third-order valence-corrected chi connectivity index (χ3v) is 3.77. The number of nitrogens with zero attached hydrogens (tertiary/aromatic N) is 1. The molecule has 7 nitrogen and oxygen atoms in total. The zero-order valence-corrected chi connectivity index (χ0v) is 10.2. The summed E-state index contributed by atoms with van der Waals surface area (Å²) >= 11 is 0. The van der Waals surface area contributed by atoms with Gasteiger partial charge in [-0.05, 0) is 5.56 Å². The highest BCUT2D eigenvalue weighted by molar-refractivity contribution is 7.88. The lowest BCUT2D eigenvalue weighted by Gasteiger charge is -2.09. The van der Waals surface area contributed by atoms with Gasteiger partial charge in [-0.2, -0.15) is 13.1 Å². The number of carbonyl (C=O) groups is 2. The molecule has 0 saturated carbocycles. The molecule has 18 heavy (non-hydrogen) atoms. The van der Waals surface area contributed by atoms with Gasteiger partial charge in [0.15, 0.2) is 0 Å². The van der Waals surface area contributed by atoms with Gasteiger partial charge >= 0.3 is 16.3 Å². The molecule has 8 heteroatoms. The summed E-state index contributed by atoms with van der Waals surface area (Å²) in [5, 5.41) is 0. The molecule has 0 spiro atoms. The Morgan fingerprint density at radius 2 is 1.94 bits per heavy atom. The molecule has 0 bridgehead atoms. The first-order valence-corrected chi connectivity index (χ1v) is 6.40. The van der Waals surface area contributed by atoms with Crippen molar-refractivity contribution in [3.63, 3.8) is 0 Å². The van der Waals surface area contributed by atoms with Gasteiger partial charge in [-0.15, -0.1) is 4.31 Å². The standard InChI is InChI=1S/C10H10N2O5S/c1-17-10(14)12-9(13)8(11-18(12,15)16)7-5-3-2-4-6-7/h2-6,8,11H,1H3. The first kappa shape index (κ1) is 12.5. The molecular formula is C10H10N2O5S. The summed E-state index contributed by atoms with van der Waals surface area (Å²) in [5.41, 5.74) is 0.456. The number of imide groups is 1. The van der Waals surface area contributed by atoms with Crippen molar-refractivity contribution in [3.8, 4) is 0 Å². The molecule has 1 unspecified atom stereocenters. The average Bonchev–Trinajstić information content (AvgIpc) is 2.60. The fourth-order valence-corrected chi connectivity index (χ4v) is 2.87. The Labute approximate surface area is 104 Å². The fraction of sp³-hybridized carbons (Fsp3) is 0.200. The Morgan fingerprint density at radius 1 is 1.33 bits per heavy atom. The summed E-state index contributed by atoms with van der Waals surface area (Å²) in [5.74, 6) is -0.881. The van der Waals surface area contributed by atoms with Crippen molar-refractivity contribution in [2.45, 2.75) is 6.04 Å². The van der Waals surface area contributed by atoms with Crippen LogP contribution in [0.3, 0.4) is 0 Å². The first-order chi connectivity index (χ1) is 8.47. The smallest absolute Gasteiger partial charge is 0.431 e. The Morgan fingerprint density at radius 3 is 2.50 bits per heavy atom. The summed E-state index contributed by atoms with van der Waals surface area (Å²) in [7, 11) is -3.18. The van der Waals surface area contributed by atoms with E-state index in [0.29, 0.717) is 5.56 Å². The molecule has 1 heterocycles. The molecule has 1 atom stereocenters. The molecule has 1 aliphatic rings. The number of methoxy groups -OCH3 is 1. The molecule has 1 aliphatic heterocycles. The lowest BCUT2D eigenvalue weighted by molar-refractivity contribution is -0.125. The van der Waals surface area contributed by atoms with Gasteiger partial charge in [0.25, 0.3) is 5.91 Å². The minimum Gasteiger partial charge on any atom is -0.452 e. The molecule has 0 radical (unpaired) electrons. The highest BCUT2D eigenvalue weighted by Crippen LogP contribution is 2.25. The van der Waals surface area contributed by atoms with Crippen LogP contribution < -0.4 is 4.72 Å². The van der Waals surface area contributed by atoms with Gasteiger partial charge in [-0.25, -0.2) is 4.79 Å². The van der Waals surface area contributed by atoms with Crippen LogP contribution in [0.4, 0.5) is 4.79 Å². The minimum absolute atomic E-state index is 0.0880. The van der Waals surface area contributed by atoms with Crippen LogP contribution in [0.1, 0.15) is 11.6 Å². The van der Waals surface area contributed by atoms with Crippen LogP contribution in [-0.4, -0.2) is 31.8 Å².